The van der Waals surface area contributed by atoms with E-state index < -0.39 is 15.9 Å². The number of nitrogens with one attached hydrogen (secondary N) is 1. The lowest BCUT2D eigenvalue weighted by molar-refractivity contribution is 0.102. The second-order valence-corrected chi connectivity index (χ2v) is 10.3. The Morgan fingerprint density at radius 2 is 1.75 bits per heavy atom. The van der Waals surface area contributed by atoms with Crippen LogP contribution in [0.25, 0.3) is 11.3 Å². The van der Waals surface area contributed by atoms with Crippen LogP contribution in [0.4, 0.5) is 5.13 Å². The Balaban J connectivity index is 1.87. The van der Waals surface area contributed by atoms with Crippen LogP contribution >= 0.6 is 11.3 Å². The molecule has 0 unspecified atom stereocenters. The van der Waals surface area contributed by atoms with Crippen molar-refractivity contribution >= 4 is 32.4 Å². The SMILES string of the molecule is CCN(CC)S(=O)(=O)c1cc(C(=O)Nc2nc(-c3ccc(OC)cc3)c(C)s2)ccc1C. The standard InChI is InChI=1S/C23H27N3O4S2/c1-6-26(7-2)32(28,29)20-14-18(9-8-15(20)3)22(27)25-23-24-21(16(4)31-23)17-10-12-19(30-5)13-11-17/h8-14H,6-7H2,1-5H3,(H,24,25,27). The molecule has 2 aromatic carbocycles. The molecule has 9 heteroatoms. The van der Waals surface area contributed by atoms with Gasteiger partial charge in [0, 0.05) is 29.1 Å². The van der Waals surface area contributed by atoms with Gasteiger partial charge in [0.1, 0.15) is 5.75 Å². The number of aromatic nitrogens is 1. The van der Waals surface area contributed by atoms with Crippen molar-refractivity contribution in [1.29, 1.82) is 0 Å². The highest BCUT2D eigenvalue weighted by Gasteiger charge is 2.25. The molecule has 0 aliphatic carbocycles. The Kier molecular flexibility index (Phi) is 7.33. The summed E-state index contributed by atoms with van der Waals surface area (Å²) >= 11 is 1.37. The summed E-state index contributed by atoms with van der Waals surface area (Å²) in [6.07, 6.45) is 0. The van der Waals surface area contributed by atoms with E-state index in [4.69, 9.17) is 4.74 Å². The number of sulfonamides is 1. The number of benzene rings is 2. The molecule has 32 heavy (non-hydrogen) atoms. The predicted molar refractivity (Wildman–Crippen MR) is 128 cm³/mol. The van der Waals surface area contributed by atoms with Gasteiger partial charge < -0.3 is 4.74 Å². The van der Waals surface area contributed by atoms with Crippen LogP contribution in [0, 0.1) is 13.8 Å². The fourth-order valence-corrected chi connectivity index (χ4v) is 5.90. The molecule has 0 radical (unpaired) electrons. The number of nitrogens with zero attached hydrogens (tertiary/aromatic N) is 2. The summed E-state index contributed by atoms with van der Waals surface area (Å²) in [5, 5.41) is 3.25. The van der Waals surface area contributed by atoms with Crippen LogP contribution in [0.1, 0.15) is 34.6 Å². The molecule has 0 saturated heterocycles. The van der Waals surface area contributed by atoms with Crippen molar-refractivity contribution in [2.75, 3.05) is 25.5 Å². The van der Waals surface area contributed by atoms with Crippen LogP contribution in [-0.2, 0) is 10.0 Å². The number of carbonyl (C=O) groups is 1. The molecule has 0 aliphatic heterocycles. The Morgan fingerprint density at radius 1 is 1.09 bits per heavy atom. The summed E-state index contributed by atoms with van der Waals surface area (Å²) in [5.41, 5.74) is 2.56. The number of hydrogen-bond acceptors (Lipinski definition) is 6. The Hall–Kier alpha value is -2.75. The van der Waals surface area contributed by atoms with E-state index in [1.807, 2.05) is 31.2 Å². The molecule has 3 aromatic rings. The normalized spacial score (nSPS) is 11.6. The first kappa shape index (κ1) is 23.9. The number of thiazole rings is 1. The van der Waals surface area contributed by atoms with Crippen LogP contribution < -0.4 is 10.1 Å². The largest absolute Gasteiger partial charge is 0.497 e. The van der Waals surface area contributed by atoms with E-state index in [9.17, 15) is 13.2 Å². The molecule has 1 amide bonds. The van der Waals surface area contributed by atoms with Crippen LogP contribution in [0.5, 0.6) is 5.75 Å². The van der Waals surface area contributed by atoms with Gasteiger partial charge in [-0.2, -0.15) is 4.31 Å². The molecule has 0 bridgehead atoms. The first-order valence-electron chi connectivity index (χ1n) is 10.2. The number of rotatable bonds is 8. The van der Waals surface area contributed by atoms with Gasteiger partial charge in [0.2, 0.25) is 10.0 Å². The number of anilines is 1. The number of carbonyl (C=O) groups excluding carboxylic acids is 1. The van der Waals surface area contributed by atoms with Crippen molar-refractivity contribution in [3.8, 4) is 17.0 Å². The highest BCUT2D eigenvalue weighted by Crippen LogP contribution is 2.31. The van der Waals surface area contributed by atoms with Gasteiger partial charge in [-0.1, -0.05) is 19.9 Å². The summed E-state index contributed by atoms with van der Waals surface area (Å²) in [6.45, 7) is 7.97. The third-order valence-electron chi connectivity index (χ3n) is 5.15. The summed E-state index contributed by atoms with van der Waals surface area (Å²) in [5.74, 6) is 0.348. The fraction of sp³-hybridized carbons (Fsp3) is 0.304. The van der Waals surface area contributed by atoms with Gasteiger partial charge in [0.25, 0.3) is 5.91 Å². The number of hydrogen-bond donors (Lipinski definition) is 1. The molecule has 1 heterocycles. The molecular formula is C23H27N3O4S2. The molecule has 0 fully saturated rings. The molecule has 7 nitrogen and oxygen atoms in total. The summed E-state index contributed by atoms with van der Waals surface area (Å²) < 4.78 is 32.5. The summed E-state index contributed by atoms with van der Waals surface area (Å²) in [7, 11) is -2.06. The van der Waals surface area contributed by atoms with Gasteiger partial charge in [-0.25, -0.2) is 13.4 Å². The molecule has 0 spiro atoms. The van der Waals surface area contributed by atoms with E-state index in [1.165, 1.54) is 21.7 Å². The minimum Gasteiger partial charge on any atom is -0.497 e. The van der Waals surface area contributed by atoms with E-state index >= 15 is 0 Å². The average molecular weight is 474 g/mol. The van der Waals surface area contributed by atoms with Crippen LogP contribution in [-0.4, -0.2) is 43.8 Å². The highest BCUT2D eigenvalue weighted by atomic mass is 32.2. The van der Waals surface area contributed by atoms with Crippen molar-refractivity contribution in [3.63, 3.8) is 0 Å². The van der Waals surface area contributed by atoms with Crippen molar-refractivity contribution < 1.29 is 17.9 Å². The Morgan fingerprint density at radius 3 is 2.34 bits per heavy atom. The van der Waals surface area contributed by atoms with Crippen molar-refractivity contribution in [1.82, 2.24) is 9.29 Å². The zero-order valence-corrected chi connectivity index (χ0v) is 20.4. The zero-order valence-electron chi connectivity index (χ0n) is 18.8. The minimum atomic E-state index is -3.68. The number of ether oxygens (including phenoxy) is 1. The van der Waals surface area contributed by atoms with Crippen LogP contribution in [0.2, 0.25) is 0 Å². The fourth-order valence-electron chi connectivity index (χ4n) is 3.36. The Labute approximate surface area is 193 Å². The molecule has 1 aromatic heterocycles. The number of amides is 1. The van der Waals surface area contributed by atoms with Crippen molar-refractivity contribution in [3.05, 3.63) is 58.5 Å². The zero-order chi connectivity index (χ0) is 23.5. The summed E-state index contributed by atoms with van der Waals surface area (Å²) in [4.78, 5) is 18.5. The lowest BCUT2D eigenvalue weighted by Crippen LogP contribution is -2.31. The lowest BCUT2D eigenvalue weighted by atomic mass is 10.1. The van der Waals surface area contributed by atoms with E-state index in [1.54, 1.807) is 40.0 Å². The molecule has 3 rings (SSSR count). The second-order valence-electron chi connectivity index (χ2n) is 7.18. The first-order valence-corrected chi connectivity index (χ1v) is 12.5. The molecule has 1 N–H and O–H groups in total. The van der Waals surface area contributed by atoms with Gasteiger partial charge in [-0.3, -0.25) is 10.1 Å². The second kappa shape index (κ2) is 9.81. The minimum absolute atomic E-state index is 0.142. The molecule has 170 valence electrons. The highest BCUT2D eigenvalue weighted by molar-refractivity contribution is 7.89. The molecule has 0 atom stereocenters. The molecule has 0 aliphatic rings. The van der Waals surface area contributed by atoms with E-state index in [2.05, 4.69) is 10.3 Å². The average Bonchev–Trinajstić information content (AvgIpc) is 3.14. The Bertz CT molecular complexity index is 1210. The van der Waals surface area contributed by atoms with Gasteiger partial charge in [0.05, 0.1) is 17.7 Å². The van der Waals surface area contributed by atoms with Gasteiger partial charge in [-0.15, -0.1) is 11.3 Å². The quantitative estimate of drug-likeness (QED) is 0.511. The van der Waals surface area contributed by atoms with Gasteiger partial charge in [-0.05, 0) is 55.8 Å². The van der Waals surface area contributed by atoms with E-state index in [-0.39, 0.29) is 10.5 Å². The molecular weight excluding hydrogens is 446 g/mol. The third kappa shape index (κ3) is 4.85. The number of aryl methyl sites for hydroxylation is 2. The van der Waals surface area contributed by atoms with Crippen LogP contribution in [0.15, 0.2) is 47.4 Å². The number of methoxy groups -OCH3 is 1. The lowest BCUT2D eigenvalue weighted by Gasteiger charge is -2.20. The maximum Gasteiger partial charge on any atom is 0.257 e. The third-order valence-corrected chi connectivity index (χ3v) is 8.23. The van der Waals surface area contributed by atoms with E-state index in [0.717, 1.165) is 21.9 Å². The monoisotopic (exact) mass is 473 g/mol. The predicted octanol–water partition coefficient (Wildman–Crippen LogP) is 4.72. The first-order chi connectivity index (χ1) is 15.2. The van der Waals surface area contributed by atoms with Crippen molar-refractivity contribution in [2.45, 2.75) is 32.6 Å². The van der Waals surface area contributed by atoms with Gasteiger partial charge in [0.15, 0.2) is 5.13 Å². The topological polar surface area (TPSA) is 88.6 Å². The van der Waals surface area contributed by atoms with Crippen molar-refractivity contribution in [2.24, 2.45) is 0 Å². The summed E-state index contributed by atoms with van der Waals surface area (Å²) in [6, 6.07) is 12.3. The van der Waals surface area contributed by atoms with E-state index in [0.29, 0.717) is 23.8 Å². The molecule has 0 saturated carbocycles. The maximum absolute atomic E-state index is 13.0. The smallest absolute Gasteiger partial charge is 0.257 e. The maximum atomic E-state index is 13.0. The van der Waals surface area contributed by atoms with Crippen LogP contribution in [0.3, 0.4) is 0 Å². The van der Waals surface area contributed by atoms with Gasteiger partial charge >= 0.3 is 0 Å².